The first kappa shape index (κ1) is 13.4. The first-order chi connectivity index (χ1) is 8.63. The number of nitrogens with zero attached hydrogens (tertiary/aromatic N) is 3. The quantitative estimate of drug-likeness (QED) is 0.819. The van der Waals surface area contributed by atoms with Crippen molar-refractivity contribution in [1.82, 2.24) is 9.97 Å². The Bertz CT molecular complexity index is 413. The summed E-state index contributed by atoms with van der Waals surface area (Å²) in [6.07, 6.45) is 4.13. The lowest BCUT2D eigenvalue weighted by Crippen LogP contribution is -2.33. The van der Waals surface area contributed by atoms with E-state index in [0.29, 0.717) is 11.2 Å². The molecule has 18 heavy (non-hydrogen) atoms. The standard InChI is InChI=1S/C12H19ClN4O/c1-8(18)6-9-4-3-5-17(9)12-10(14-2)11(13)15-7-16-12/h7-9,14,18H,3-6H2,1-2H3. The molecule has 1 fully saturated rings. The Morgan fingerprint density at radius 2 is 2.39 bits per heavy atom. The van der Waals surface area contributed by atoms with E-state index in [4.69, 9.17) is 11.6 Å². The van der Waals surface area contributed by atoms with Gasteiger partial charge in [-0.1, -0.05) is 11.6 Å². The van der Waals surface area contributed by atoms with Crippen molar-refractivity contribution in [2.24, 2.45) is 0 Å². The summed E-state index contributed by atoms with van der Waals surface area (Å²) < 4.78 is 0. The maximum atomic E-state index is 9.56. The normalized spacial score (nSPS) is 21.1. The van der Waals surface area contributed by atoms with Crippen LogP contribution >= 0.6 is 11.6 Å². The Labute approximate surface area is 112 Å². The monoisotopic (exact) mass is 270 g/mol. The van der Waals surface area contributed by atoms with Gasteiger partial charge in [-0.25, -0.2) is 9.97 Å². The molecule has 5 nitrogen and oxygen atoms in total. The number of hydrogen-bond donors (Lipinski definition) is 2. The van der Waals surface area contributed by atoms with Gasteiger partial charge in [0.1, 0.15) is 12.0 Å². The van der Waals surface area contributed by atoms with Crippen molar-refractivity contribution >= 4 is 23.1 Å². The summed E-state index contributed by atoms with van der Waals surface area (Å²) in [4.78, 5) is 10.5. The molecule has 1 aliphatic rings. The highest BCUT2D eigenvalue weighted by atomic mass is 35.5. The van der Waals surface area contributed by atoms with Crippen LogP contribution in [0.1, 0.15) is 26.2 Å². The van der Waals surface area contributed by atoms with E-state index in [1.54, 1.807) is 0 Å². The van der Waals surface area contributed by atoms with Gasteiger partial charge in [0.05, 0.1) is 6.10 Å². The second-order valence-electron chi connectivity index (χ2n) is 4.69. The van der Waals surface area contributed by atoms with Crippen LogP contribution in [0.2, 0.25) is 5.15 Å². The molecule has 2 heterocycles. The van der Waals surface area contributed by atoms with E-state index in [9.17, 15) is 5.11 Å². The number of nitrogens with one attached hydrogen (secondary N) is 1. The van der Waals surface area contributed by atoms with Crippen molar-refractivity contribution < 1.29 is 5.11 Å². The Kier molecular flexibility index (Phi) is 4.24. The van der Waals surface area contributed by atoms with Crippen molar-refractivity contribution in [2.75, 3.05) is 23.8 Å². The van der Waals surface area contributed by atoms with Crippen LogP contribution in [-0.2, 0) is 0 Å². The lowest BCUT2D eigenvalue weighted by atomic mass is 10.1. The van der Waals surface area contributed by atoms with Gasteiger partial charge in [-0.3, -0.25) is 0 Å². The zero-order valence-electron chi connectivity index (χ0n) is 10.7. The van der Waals surface area contributed by atoms with Crippen molar-refractivity contribution in [3.63, 3.8) is 0 Å². The zero-order chi connectivity index (χ0) is 13.1. The fraction of sp³-hybridized carbons (Fsp3) is 0.667. The van der Waals surface area contributed by atoms with E-state index in [-0.39, 0.29) is 6.10 Å². The summed E-state index contributed by atoms with van der Waals surface area (Å²) in [6, 6.07) is 0.322. The number of aliphatic hydroxyl groups excluding tert-OH is 1. The molecular weight excluding hydrogens is 252 g/mol. The van der Waals surface area contributed by atoms with Crippen LogP contribution in [0, 0.1) is 0 Å². The van der Waals surface area contributed by atoms with Gasteiger partial charge in [-0.15, -0.1) is 0 Å². The first-order valence-corrected chi connectivity index (χ1v) is 6.64. The number of halogens is 1. The lowest BCUT2D eigenvalue weighted by molar-refractivity contribution is 0.175. The molecule has 0 amide bonds. The highest BCUT2D eigenvalue weighted by molar-refractivity contribution is 6.32. The van der Waals surface area contributed by atoms with Gasteiger partial charge in [0.2, 0.25) is 0 Å². The minimum Gasteiger partial charge on any atom is -0.393 e. The van der Waals surface area contributed by atoms with E-state index in [1.165, 1.54) is 6.33 Å². The molecule has 6 heteroatoms. The summed E-state index contributed by atoms with van der Waals surface area (Å²) >= 11 is 6.07. The molecule has 0 saturated carbocycles. The minimum absolute atomic E-state index is 0.300. The predicted molar refractivity (Wildman–Crippen MR) is 73.3 cm³/mol. The fourth-order valence-corrected chi connectivity index (χ4v) is 2.76. The molecule has 0 bridgehead atoms. The molecule has 2 atom stereocenters. The van der Waals surface area contributed by atoms with E-state index in [2.05, 4.69) is 20.2 Å². The Balaban J connectivity index is 2.27. The smallest absolute Gasteiger partial charge is 0.157 e. The van der Waals surface area contributed by atoms with Crippen molar-refractivity contribution in [1.29, 1.82) is 0 Å². The molecule has 0 aromatic carbocycles. The SMILES string of the molecule is CNc1c(Cl)ncnc1N1CCCC1CC(C)O. The molecule has 1 aromatic heterocycles. The fourth-order valence-electron chi connectivity index (χ4n) is 2.54. The third-order valence-electron chi connectivity index (χ3n) is 3.29. The largest absolute Gasteiger partial charge is 0.393 e. The number of aromatic nitrogens is 2. The van der Waals surface area contributed by atoms with Gasteiger partial charge in [0.15, 0.2) is 11.0 Å². The molecule has 0 spiro atoms. The highest BCUT2D eigenvalue weighted by Gasteiger charge is 2.29. The van der Waals surface area contributed by atoms with Crippen LogP contribution in [0.3, 0.4) is 0 Å². The van der Waals surface area contributed by atoms with Crippen LogP contribution in [-0.4, -0.2) is 40.8 Å². The number of rotatable bonds is 4. The van der Waals surface area contributed by atoms with Gasteiger partial charge in [-0.05, 0) is 26.2 Å². The molecule has 1 aromatic rings. The van der Waals surface area contributed by atoms with Crippen LogP contribution < -0.4 is 10.2 Å². The Hall–Kier alpha value is -1.07. The minimum atomic E-state index is -0.300. The third kappa shape index (κ3) is 2.67. The van der Waals surface area contributed by atoms with Crippen LogP contribution in [0.15, 0.2) is 6.33 Å². The lowest BCUT2D eigenvalue weighted by Gasteiger charge is -2.28. The second kappa shape index (κ2) is 5.71. The van der Waals surface area contributed by atoms with Crippen molar-refractivity contribution in [2.45, 2.75) is 38.3 Å². The van der Waals surface area contributed by atoms with Gasteiger partial charge in [0, 0.05) is 19.6 Å². The van der Waals surface area contributed by atoms with Crippen molar-refractivity contribution in [3.05, 3.63) is 11.5 Å². The summed E-state index contributed by atoms with van der Waals surface area (Å²) in [6.45, 7) is 2.77. The van der Waals surface area contributed by atoms with E-state index in [0.717, 1.165) is 37.3 Å². The molecule has 1 saturated heterocycles. The Morgan fingerprint density at radius 1 is 1.61 bits per heavy atom. The maximum absolute atomic E-state index is 9.56. The number of aliphatic hydroxyl groups is 1. The average Bonchev–Trinajstić information content (AvgIpc) is 2.75. The summed E-state index contributed by atoms with van der Waals surface area (Å²) in [5.74, 6) is 0.834. The van der Waals surface area contributed by atoms with Gasteiger partial charge >= 0.3 is 0 Å². The van der Waals surface area contributed by atoms with Crippen LogP contribution in [0.25, 0.3) is 0 Å². The van der Waals surface area contributed by atoms with Crippen LogP contribution in [0.5, 0.6) is 0 Å². The molecule has 2 N–H and O–H groups in total. The van der Waals surface area contributed by atoms with E-state index >= 15 is 0 Å². The molecule has 2 rings (SSSR count). The van der Waals surface area contributed by atoms with Crippen LogP contribution in [0.4, 0.5) is 11.5 Å². The highest BCUT2D eigenvalue weighted by Crippen LogP contribution is 2.34. The molecule has 0 aliphatic carbocycles. The topological polar surface area (TPSA) is 61.3 Å². The summed E-state index contributed by atoms with van der Waals surface area (Å²) in [5, 5.41) is 13.0. The first-order valence-electron chi connectivity index (χ1n) is 6.26. The molecule has 100 valence electrons. The molecule has 1 aliphatic heterocycles. The third-order valence-corrected chi connectivity index (χ3v) is 3.58. The zero-order valence-corrected chi connectivity index (χ0v) is 11.5. The van der Waals surface area contributed by atoms with E-state index < -0.39 is 0 Å². The summed E-state index contributed by atoms with van der Waals surface area (Å²) in [7, 11) is 1.81. The van der Waals surface area contributed by atoms with Gasteiger partial charge in [-0.2, -0.15) is 0 Å². The summed E-state index contributed by atoms with van der Waals surface area (Å²) in [5.41, 5.74) is 0.761. The van der Waals surface area contributed by atoms with Crippen molar-refractivity contribution in [3.8, 4) is 0 Å². The molecule has 2 unspecified atom stereocenters. The van der Waals surface area contributed by atoms with Gasteiger partial charge in [0.25, 0.3) is 0 Å². The maximum Gasteiger partial charge on any atom is 0.157 e. The number of hydrogen-bond acceptors (Lipinski definition) is 5. The molecular formula is C12H19ClN4O. The van der Waals surface area contributed by atoms with Gasteiger partial charge < -0.3 is 15.3 Å². The number of anilines is 2. The Morgan fingerprint density at radius 3 is 3.06 bits per heavy atom. The second-order valence-corrected chi connectivity index (χ2v) is 5.05. The average molecular weight is 271 g/mol. The predicted octanol–water partition coefficient (Wildman–Crippen LogP) is 1.91. The molecule has 0 radical (unpaired) electrons. The van der Waals surface area contributed by atoms with E-state index in [1.807, 2.05) is 14.0 Å².